The summed E-state index contributed by atoms with van der Waals surface area (Å²) < 4.78 is 0.866. The molecule has 2 aromatic carbocycles. The number of anilines is 1. The van der Waals surface area contributed by atoms with Gasteiger partial charge < -0.3 is 10.3 Å². The molecule has 0 fully saturated rings. The molecule has 0 aliphatic heterocycles. The zero-order chi connectivity index (χ0) is 20.6. The highest BCUT2D eigenvalue weighted by Gasteiger charge is 2.10. The van der Waals surface area contributed by atoms with Crippen LogP contribution >= 0.6 is 27.7 Å². The zero-order valence-corrected chi connectivity index (χ0v) is 17.7. The van der Waals surface area contributed by atoms with Crippen molar-refractivity contribution in [3.63, 3.8) is 0 Å². The molecule has 3 rings (SSSR count). The molecule has 0 aliphatic carbocycles. The van der Waals surface area contributed by atoms with Gasteiger partial charge in [0.2, 0.25) is 17.7 Å². The maximum Gasteiger partial charge on any atom is 0.248 e. The molecule has 0 radical (unpaired) electrons. The molecule has 0 atom stereocenters. The van der Waals surface area contributed by atoms with Gasteiger partial charge in [-0.05, 0) is 29.8 Å². The van der Waals surface area contributed by atoms with Gasteiger partial charge >= 0.3 is 0 Å². The topological polar surface area (TPSA) is 103 Å². The number of carbonyl (C=O) groups is 3. The zero-order valence-electron chi connectivity index (χ0n) is 15.3. The van der Waals surface area contributed by atoms with E-state index in [-0.39, 0.29) is 35.6 Å². The van der Waals surface area contributed by atoms with Crippen molar-refractivity contribution in [2.75, 3.05) is 16.8 Å². The molecule has 0 saturated heterocycles. The Kier molecular flexibility index (Phi) is 7.31. The predicted octanol–water partition coefficient (Wildman–Crippen LogP) is 2.99. The van der Waals surface area contributed by atoms with Crippen LogP contribution in [0.2, 0.25) is 0 Å². The number of H-pyrrole nitrogens is 1. The fraction of sp³-hybridized carbons (Fsp3) is 0.150. The minimum atomic E-state index is -0.377. The lowest BCUT2D eigenvalue weighted by Gasteiger charge is -2.08. The smallest absolute Gasteiger partial charge is 0.248 e. The number of carbonyl (C=O) groups excluding carboxylic acids is 3. The normalized spacial score (nSPS) is 10.5. The van der Waals surface area contributed by atoms with Crippen LogP contribution in [0.25, 0.3) is 10.9 Å². The molecular formula is C20H19BrN4O3S. The van der Waals surface area contributed by atoms with Gasteiger partial charge in [-0.1, -0.05) is 40.2 Å². The van der Waals surface area contributed by atoms with Gasteiger partial charge in [0, 0.05) is 27.3 Å². The molecule has 0 aliphatic rings. The molecule has 0 bridgehead atoms. The number of fused-ring (bicyclic) bond motifs is 1. The minimum Gasteiger partial charge on any atom is -0.361 e. The molecule has 29 heavy (non-hydrogen) atoms. The predicted molar refractivity (Wildman–Crippen MR) is 118 cm³/mol. The van der Waals surface area contributed by atoms with Crippen LogP contribution in [0.3, 0.4) is 0 Å². The van der Waals surface area contributed by atoms with Crippen molar-refractivity contribution in [2.45, 2.75) is 6.42 Å². The Balaban J connectivity index is 1.35. The number of aromatic amines is 1. The molecule has 0 spiro atoms. The number of thioether (sulfide) groups is 1. The Labute approximate surface area is 180 Å². The Morgan fingerprint density at radius 2 is 1.69 bits per heavy atom. The Morgan fingerprint density at radius 3 is 2.52 bits per heavy atom. The van der Waals surface area contributed by atoms with Gasteiger partial charge in [-0.3, -0.25) is 25.2 Å². The fourth-order valence-corrected chi connectivity index (χ4v) is 3.69. The van der Waals surface area contributed by atoms with Gasteiger partial charge in [0.1, 0.15) is 0 Å². The van der Waals surface area contributed by atoms with Crippen molar-refractivity contribution in [2.24, 2.45) is 0 Å². The quantitative estimate of drug-likeness (QED) is 0.395. The number of para-hydroxylation sites is 1. The Hall–Kier alpha value is -2.78. The molecule has 4 N–H and O–H groups in total. The maximum atomic E-state index is 12.1. The van der Waals surface area contributed by atoms with Crippen LogP contribution in [0.1, 0.15) is 5.56 Å². The summed E-state index contributed by atoms with van der Waals surface area (Å²) in [5, 5.41) is 3.72. The van der Waals surface area contributed by atoms with Crippen molar-refractivity contribution < 1.29 is 14.4 Å². The fourth-order valence-electron chi connectivity index (χ4n) is 2.67. The van der Waals surface area contributed by atoms with Gasteiger partial charge in [0.05, 0.1) is 17.9 Å². The number of hydrogen-bond acceptors (Lipinski definition) is 4. The third-order valence-corrected chi connectivity index (χ3v) is 5.37. The monoisotopic (exact) mass is 474 g/mol. The summed E-state index contributed by atoms with van der Waals surface area (Å²) in [6.07, 6.45) is 1.93. The van der Waals surface area contributed by atoms with Crippen LogP contribution in [0.4, 0.5) is 5.69 Å². The van der Waals surface area contributed by atoms with Crippen molar-refractivity contribution in [1.29, 1.82) is 0 Å². The lowest BCUT2D eigenvalue weighted by atomic mass is 10.1. The molecule has 1 heterocycles. The van der Waals surface area contributed by atoms with Crippen LogP contribution in [-0.4, -0.2) is 34.2 Å². The Bertz CT molecular complexity index is 1040. The number of rotatable bonds is 7. The highest BCUT2D eigenvalue weighted by molar-refractivity contribution is 9.10. The number of nitrogens with one attached hydrogen (secondary N) is 4. The number of benzene rings is 2. The molecular weight excluding hydrogens is 456 g/mol. The van der Waals surface area contributed by atoms with Gasteiger partial charge in [-0.15, -0.1) is 11.8 Å². The highest BCUT2D eigenvalue weighted by Crippen LogP contribution is 2.18. The van der Waals surface area contributed by atoms with E-state index >= 15 is 0 Å². The first kappa shape index (κ1) is 20.9. The summed E-state index contributed by atoms with van der Waals surface area (Å²) in [7, 11) is 0. The highest BCUT2D eigenvalue weighted by atomic mass is 79.9. The van der Waals surface area contributed by atoms with E-state index < -0.39 is 0 Å². The number of amides is 3. The van der Waals surface area contributed by atoms with Crippen molar-refractivity contribution in [3.05, 3.63) is 64.8 Å². The minimum absolute atomic E-state index is 0.0548. The van der Waals surface area contributed by atoms with E-state index in [1.165, 1.54) is 0 Å². The molecule has 9 heteroatoms. The van der Waals surface area contributed by atoms with Crippen molar-refractivity contribution >= 4 is 62.0 Å². The number of halogens is 1. The average molecular weight is 475 g/mol. The number of aromatic nitrogens is 1. The molecule has 3 aromatic rings. The average Bonchev–Trinajstić information content (AvgIpc) is 3.09. The molecule has 0 unspecified atom stereocenters. The second-order valence-corrected chi connectivity index (χ2v) is 8.09. The van der Waals surface area contributed by atoms with Crippen LogP contribution in [-0.2, 0) is 20.8 Å². The van der Waals surface area contributed by atoms with Crippen LogP contribution in [0.15, 0.2) is 59.2 Å². The lowest BCUT2D eigenvalue weighted by Crippen LogP contribution is -2.43. The number of hydrogen-bond donors (Lipinski definition) is 4. The first-order valence-electron chi connectivity index (χ1n) is 8.77. The second-order valence-electron chi connectivity index (χ2n) is 6.18. The van der Waals surface area contributed by atoms with Crippen LogP contribution < -0.4 is 16.2 Å². The summed E-state index contributed by atoms with van der Waals surface area (Å²) in [6, 6.07) is 14.9. The van der Waals surface area contributed by atoms with E-state index in [0.717, 1.165) is 32.7 Å². The summed E-state index contributed by atoms with van der Waals surface area (Å²) in [5.74, 6) is -0.718. The Morgan fingerprint density at radius 1 is 0.931 bits per heavy atom. The first-order chi connectivity index (χ1) is 14.0. The van der Waals surface area contributed by atoms with E-state index in [1.807, 2.05) is 36.4 Å². The standard InChI is InChI=1S/C20H19BrN4O3S/c21-14-4-3-5-15(9-14)23-19(27)11-29-12-20(28)25-24-18(26)8-13-10-22-17-7-2-1-6-16(13)17/h1-7,9-10,22H,8,11-12H2,(H,23,27)(H,24,26)(H,25,28). The molecule has 150 valence electrons. The van der Waals surface area contributed by atoms with E-state index in [0.29, 0.717) is 5.69 Å². The summed E-state index contributed by atoms with van der Waals surface area (Å²) in [4.78, 5) is 38.9. The summed E-state index contributed by atoms with van der Waals surface area (Å²) in [6.45, 7) is 0. The van der Waals surface area contributed by atoms with Crippen molar-refractivity contribution in [3.8, 4) is 0 Å². The second kappa shape index (κ2) is 10.1. The molecule has 7 nitrogen and oxygen atoms in total. The van der Waals surface area contributed by atoms with E-state index in [1.54, 1.807) is 18.3 Å². The van der Waals surface area contributed by atoms with Crippen LogP contribution in [0.5, 0.6) is 0 Å². The lowest BCUT2D eigenvalue weighted by molar-refractivity contribution is -0.127. The van der Waals surface area contributed by atoms with E-state index in [2.05, 4.69) is 37.1 Å². The van der Waals surface area contributed by atoms with Crippen LogP contribution in [0, 0.1) is 0 Å². The first-order valence-corrected chi connectivity index (χ1v) is 10.7. The SMILES string of the molecule is O=C(CSCC(=O)Nc1cccc(Br)c1)NNC(=O)Cc1c[nH]c2ccccc12. The molecule has 3 amide bonds. The van der Waals surface area contributed by atoms with Gasteiger partial charge in [-0.2, -0.15) is 0 Å². The number of hydrazine groups is 1. The van der Waals surface area contributed by atoms with Gasteiger partial charge in [-0.25, -0.2) is 0 Å². The largest absolute Gasteiger partial charge is 0.361 e. The van der Waals surface area contributed by atoms with Gasteiger partial charge in [0.15, 0.2) is 0 Å². The maximum absolute atomic E-state index is 12.1. The summed E-state index contributed by atoms with van der Waals surface area (Å²) in [5.41, 5.74) is 7.25. The molecule has 0 saturated carbocycles. The van der Waals surface area contributed by atoms with E-state index in [4.69, 9.17) is 0 Å². The van der Waals surface area contributed by atoms with Gasteiger partial charge in [0.25, 0.3) is 0 Å². The summed E-state index contributed by atoms with van der Waals surface area (Å²) >= 11 is 4.50. The third-order valence-electron chi connectivity index (χ3n) is 3.94. The third kappa shape index (κ3) is 6.37. The van der Waals surface area contributed by atoms with Crippen molar-refractivity contribution in [1.82, 2.24) is 15.8 Å². The molecule has 1 aromatic heterocycles. The van der Waals surface area contributed by atoms with E-state index in [9.17, 15) is 14.4 Å².